The summed E-state index contributed by atoms with van der Waals surface area (Å²) in [5.74, 6) is -1.31. The van der Waals surface area contributed by atoms with Crippen molar-refractivity contribution >= 4 is 45.7 Å². The van der Waals surface area contributed by atoms with Gasteiger partial charge in [0.25, 0.3) is 5.91 Å². The van der Waals surface area contributed by atoms with Crippen molar-refractivity contribution in [1.82, 2.24) is 21.0 Å². The lowest BCUT2D eigenvalue weighted by molar-refractivity contribution is -0.119. The molecule has 7 nitrogen and oxygen atoms in total. The average molecular weight is 403 g/mol. The summed E-state index contributed by atoms with van der Waals surface area (Å²) in [6.45, 7) is 0. The van der Waals surface area contributed by atoms with E-state index in [1.54, 1.807) is 0 Å². The van der Waals surface area contributed by atoms with Crippen molar-refractivity contribution < 1.29 is 14.0 Å². The highest BCUT2D eigenvalue weighted by Gasteiger charge is 2.10. The molecule has 0 aliphatic heterocycles. The Morgan fingerprint density at radius 3 is 2.48 bits per heavy atom. The fourth-order valence-corrected chi connectivity index (χ4v) is 3.50. The van der Waals surface area contributed by atoms with E-state index in [4.69, 9.17) is 0 Å². The number of nitrogens with one attached hydrogen (secondary N) is 3. The number of nitrogens with zero attached hydrogens (tertiary/aromatic N) is 2. The summed E-state index contributed by atoms with van der Waals surface area (Å²) in [5, 5.41) is 11.8. The smallest absolute Gasteiger partial charge is 0.269 e. The monoisotopic (exact) mass is 403 g/mol. The normalized spacial score (nSPS) is 10.3. The number of hydrazine groups is 1. The first-order valence-corrected chi connectivity index (χ1v) is 9.53. The molecule has 2 amide bonds. The van der Waals surface area contributed by atoms with Gasteiger partial charge in [0, 0.05) is 11.3 Å². The zero-order valence-electron chi connectivity index (χ0n) is 13.8. The molecule has 0 saturated carbocycles. The van der Waals surface area contributed by atoms with Gasteiger partial charge in [0.1, 0.15) is 5.82 Å². The van der Waals surface area contributed by atoms with Crippen LogP contribution in [0.25, 0.3) is 0 Å². The molecule has 0 saturated heterocycles. The van der Waals surface area contributed by atoms with E-state index < -0.39 is 17.6 Å². The second kappa shape index (κ2) is 9.10. The Labute approximate surface area is 162 Å². The number of carbonyl (C=O) groups excluding carboxylic acids is 2. The molecule has 0 aliphatic rings. The lowest BCUT2D eigenvalue weighted by Crippen LogP contribution is -2.42. The number of rotatable bonds is 6. The Bertz CT molecular complexity index is 919. The van der Waals surface area contributed by atoms with Crippen molar-refractivity contribution in [2.75, 3.05) is 11.1 Å². The number of hydrogen-bond donors (Lipinski definition) is 3. The highest BCUT2D eigenvalue weighted by Crippen LogP contribution is 2.27. The first-order valence-electron chi connectivity index (χ1n) is 7.73. The zero-order valence-corrected chi connectivity index (χ0v) is 15.4. The molecule has 10 heteroatoms. The molecule has 0 radical (unpaired) electrons. The van der Waals surface area contributed by atoms with E-state index in [1.165, 1.54) is 47.4 Å². The second-order valence-corrected chi connectivity index (χ2v) is 7.36. The quantitative estimate of drug-likeness (QED) is 0.433. The Kier molecular flexibility index (Phi) is 6.34. The van der Waals surface area contributed by atoms with Gasteiger partial charge in [-0.05, 0) is 36.4 Å². The van der Waals surface area contributed by atoms with E-state index in [0.29, 0.717) is 9.47 Å². The number of amides is 2. The van der Waals surface area contributed by atoms with Gasteiger partial charge in [0.05, 0.1) is 5.75 Å². The highest BCUT2D eigenvalue weighted by atomic mass is 32.2. The number of para-hydroxylation sites is 1. The third-order valence-electron chi connectivity index (χ3n) is 3.18. The highest BCUT2D eigenvalue weighted by molar-refractivity contribution is 8.01. The summed E-state index contributed by atoms with van der Waals surface area (Å²) in [4.78, 5) is 23.7. The number of carbonyl (C=O) groups is 2. The van der Waals surface area contributed by atoms with Crippen molar-refractivity contribution in [2.24, 2.45) is 0 Å². The Hall–Kier alpha value is -2.98. The van der Waals surface area contributed by atoms with E-state index >= 15 is 0 Å². The minimum absolute atomic E-state index is 0.0592. The summed E-state index contributed by atoms with van der Waals surface area (Å²) in [6.07, 6.45) is 0. The lowest BCUT2D eigenvalue weighted by atomic mass is 10.2. The minimum atomic E-state index is -0.529. The number of hydrogen-bond acceptors (Lipinski definition) is 7. The number of anilines is 2. The first-order chi connectivity index (χ1) is 13.1. The molecule has 0 aliphatic carbocycles. The second-order valence-electron chi connectivity index (χ2n) is 5.16. The molecule has 0 fully saturated rings. The maximum absolute atomic E-state index is 12.8. The summed E-state index contributed by atoms with van der Waals surface area (Å²) in [5.41, 5.74) is 5.71. The third kappa shape index (κ3) is 5.76. The Balaban J connectivity index is 1.42. The van der Waals surface area contributed by atoms with Crippen LogP contribution < -0.4 is 16.2 Å². The van der Waals surface area contributed by atoms with Crippen LogP contribution in [0.5, 0.6) is 0 Å². The fourth-order valence-electron chi connectivity index (χ4n) is 1.93. The van der Waals surface area contributed by atoms with Crippen LogP contribution in [0, 0.1) is 5.82 Å². The van der Waals surface area contributed by atoms with Gasteiger partial charge in [-0.2, -0.15) is 0 Å². The van der Waals surface area contributed by atoms with Crippen molar-refractivity contribution in [3.05, 3.63) is 66.0 Å². The summed E-state index contributed by atoms with van der Waals surface area (Å²) < 4.78 is 13.4. The van der Waals surface area contributed by atoms with E-state index in [9.17, 15) is 14.0 Å². The van der Waals surface area contributed by atoms with Crippen LogP contribution >= 0.6 is 23.1 Å². The van der Waals surface area contributed by atoms with Crippen molar-refractivity contribution in [3.8, 4) is 0 Å². The standard InChI is InChI=1S/C17H14FN5O2S2/c18-12-8-6-11(7-9-12)15(25)21-20-14(24)10-26-17-23-22-16(27-17)19-13-4-2-1-3-5-13/h1-9H,10H2,(H,19,22)(H,20,24)(H,21,25). The lowest BCUT2D eigenvalue weighted by Gasteiger charge is -2.06. The van der Waals surface area contributed by atoms with Crippen LogP contribution in [0.15, 0.2) is 58.9 Å². The fraction of sp³-hybridized carbons (Fsp3) is 0.0588. The molecule has 2 aromatic carbocycles. The number of aromatic nitrogens is 2. The van der Waals surface area contributed by atoms with E-state index in [-0.39, 0.29) is 11.3 Å². The van der Waals surface area contributed by atoms with Gasteiger partial charge < -0.3 is 5.32 Å². The molecule has 3 N–H and O–H groups in total. The van der Waals surface area contributed by atoms with Crippen LogP contribution in [0.4, 0.5) is 15.2 Å². The van der Waals surface area contributed by atoms with Gasteiger partial charge in [-0.3, -0.25) is 20.4 Å². The largest absolute Gasteiger partial charge is 0.330 e. The predicted octanol–water partition coefficient (Wildman–Crippen LogP) is 2.97. The van der Waals surface area contributed by atoms with Crippen LogP contribution in [-0.4, -0.2) is 27.8 Å². The molecule has 1 heterocycles. The summed E-state index contributed by atoms with van der Waals surface area (Å²) in [6, 6.07) is 14.5. The van der Waals surface area contributed by atoms with E-state index in [0.717, 1.165) is 5.69 Å². The topological polar surface area (TPSA) is 96.0 Å². The zero-order chi connectivity index (χ0) is 19.1. The van der Waals surface area contributed by atoms with Crippen molar-refractivity contribution in [2.45, 2.75) is 4.34 Å². The maximum atomic E-state index is 12.8. The van der Waals surface area contributed by atoms with Crippen LogP contribution in [0.2, 0.25) is 0 Å². The molecule has 0 spiro atoms. The van der Waals surface area contributed by atoms with Gasteiger partial charge >= 0.3 is 0 Å². The number of benzene rings is 2. The van der Waals surface area contributed by atoms with Gasteiger partial charge in [-0.15, -0.1) is 10.2 Å². The van der Waals surface area contributed by atoms with Gasteiger partial charge in [0.15, 0.2) is 4.34 Å². The third-order valence-corrected chi connectivity index (χ3v) is 5.15. The van der Waals surface area contributed by atoms with Gasteiger partial charge in [-0.1, -0.05) is 41.3 Å². The molecular weight excluding hydrogens is 389 g/mol. The Morgan fingerprint density at radius 2 is 1.74 bits per heavy atom. The van der Waals surface area contributed by atoms with Crippen LogP contribution in [0.1, 0.15) is 10.4 Å². The van der Waals surface area contributed by atoms with Crippen molar-refractivity contribution in [1.29, 1.82) is 0 Å². The molecule has 3 rings (SSSR count). The molecular formula is C17H14FN5O2S2. The SMILES string of the molecule is O=C(CSc1nnc(Nc2ccccc2)s1)NNC(=O)c1ccc(F)cc1. The molecule has 0 unspecified atom stereocenters. The van der Waals surface area contributed by atoms with E-state index in [1.807, 2.05) is 30.3 Å². The van der Waals surface area contributed by atoms with Crippen LogP contribution in [-0.2, 0) is 4.79 Å². The predicted molar refractivity (Wildman–Crippen MR) is 102 cm³/mol. The maximum Gasteiger partial charge on any atom is 0.269 e. The van der Waals surface area contributed by atoms with Gasteiger partial charge in [-0.25, -0.2) is 4.39 Å². The molecule has 0 bridgehead atoms. The molecule has 1 aromatic heterocycles. The van der Waals surface area contributed by atoms with Gasteiger partial charge in [0.2, 0.25) is 11.0 Å². The molecule has 0 atom stereocenters. The summed E-state index contributed by atoms with van der Waals surface area (Å²) in [7, 11) is 0. The summed E-state index contributed by atoms with van der Waals surface area (Å²) >= 11 is 2.52. The average Bonchev–Trinajstić information content (AvgIpc) is 3.13. The number of thioether (sulfide) groups is 1. The van der Waals surface area contributed by atoms with Crippen LogP contribution in [0.3, 0.4) is 0 Å². The molecule has 27 heavy (non-hydrogen) atoms. The first kappa shape index (κ1) is 18.8. The number of halogens is 1. The molecule has 138 valence electrons. The van der Waals surface area contributed by atoms with Crippen molar-refractivity contribution in [3.63, 3.8) is 0 Å². The Morgan fingerprint density at radius 1 is 1.00 bits per heavy atom. The van der Waals surface area contributed by atoms with E-state index in [2.05, 4.69) is 26.4 Å². The minimum Gasteiger partial charge on any atom is -0.330 e. The molecule has 3 aromatic rings.